The van der Waals surface area contributed by atoms with Gasteiger partial charge in [0, 0.05) is 37.4 Å². The molecule has 0 aromatic heterocycles. The first-order valence-corrected chi connectivity index (χ1v) is 13.8. The molecule has 0 spiro atoms. The molecule has 1 fully saturated rings. The van der Waals surface area contributed by atoms with E-state index in [9.17, 15) is 24.0 Å². The lowest BCUT2D eigenvalue weighted by Crippen LogP contribution is -2.46. The average molecular weight is 518 g/mol. The summed E-state index contributed by atoms with van der Waals surface area (Å²) in [5.41, 5.74) is 1.87. The highest BCUT2D eigenvalue weighted by atomic mass is 32.2. The van der Waals surface area contributed by atoms with Gasteiger partial charge in [0.05, 0.1) is 11.3 Å². The fraction of sp³-hybridized carbons (Fsp3) is 0.593. The number of imide groups is 1. The first-order valence-electron chi connectivity index (χ1n) is 12.5. The Labute approximate surface area is 218 Å². The van der Waals surface area contributed by atoms with Gasteiger partial charge in [-0.25, -0.2) is 0 Å². The van der Waals surface area contributed by atoms with Crippen molar-refractivity contribution in [2.24, 2.45) is 17.8 Å². The normalized spacial score (nSPS) is 17.4. The number of rotatable bonds is 13. The fourth-order valence-corrected chi connectivity index (χ4v) is 4.77. The third-order valence-corrected chi connectivity index (χ3v) is 7.14. The van der Waals surface area contributed by atoms with Crippen molar-refractivity contribution in [3.8, 4) is 0 Å². The third kappa shape index (κ3) is 8.47. The molecule has 0 saturated carbocycles. The zero-order valence-electron chi connectivity index (χ0n) is 22.1. The Kier molecular flexibility index (Phi) is 11.1. The molecular weight excluding hydrogens is 478 g/mol. The third-order valence-electron chi connectivity index (χ3n) is 6.20. The van der Waals surface area contributed by atoms with Crippen molar-refractivity contribution in [2.45, 2.75) is 71.6 Å². The monoisotopic (exact) mass is 517 g/mol. The van der Waals surface area contributed by atoms with Gasteiger partial charge in [-0.2, -0.15) is 11.8 Å². The molecule has 1 heterocycles. The number of amides is 4. The number of carbonyl (C=O) groups excluding carboxylic acids is 5. The van der Waals surface area contributed by atoms with E-state index in [1.54, 1.807) is 13.2 Å². The SMILES string of the molecule is CSC1CC(=O)N(CCC(=O)N[C@H](C(=O)C[C@@H](C)C(=O)Nc2ccc(CC(C)C)cc2)C(C)C)C1=O. The van der Waals surface area contributed by atoms with E-state index in [1.165, 1.54) is 17.3 Å². The van der Waals surface area contributed by atoms with Crippen LogP contribution in [0.25, 0.3) is 0 Å². The predicted molar refractivity (Wildman–Crippen MR) is 142 cm³/mol. The Bertz CT molecular complexity index is 961. The van der Waals surface area contributed by atoms with Crippen molar-refractivity contribution in [1.82, 2.24) is 10.2 Å². The zero-order valence-corrected chi connectivity index (χ0v) is 22.9. The number of likely N-dealkylation sites (tertiary alicyclic amines) is 1. The summed E-state index contributed by atoms with van der Waals surface area (Å²) in [5, 5.41) is 5.20. The fourth-order valence-electron chi connectivity index (χ4n) is 4.13. The lowest BCUT2D eigenvalue weighted by Gasteiger charge is -2.23. The maximum atomic E-state index is 13.0. The van der Waals surface area contributed by atoms with E-state index in [1.807, 2.05) is 38.1 Å². The molecule has 1 saturated heterocycles. The van der Waals surface area contributed by atoms with E-state index in [2.05, 4.69) is 24.5 Å². The van der Waals surface area contributed by atoms with Gasteiger partial charge >= 0.3 is 0 Å². The van der Waals surface area contributed by atoms with Gasteiger partial charge < -0.3 is 10.6 Å². The van der Waals surface area contributed by atoms with Crippen LogP contribution in [0.3, 0.4) is 0 Å². The largest absolute Gasteiger partial charge is 0.346 e. The van der Waals surface area contributed by atoms with Crippen LogP contribution in [0.4, 0.5) is 5.69 Å². The molecular formula is C27H39N3O5S. The molecule has 0 aliphatic carbocycles. The van der Waals surface area contributed by atoms with Crippen LogP contribution < -0.4 is 10.6 Å². The summed E-state index contributed by atoms with van der Waals surface area (Å²) in [6.07, 6.45) is 2.80. The summed E-state index contributed by atoms with van der Waals surface area (Å²) < 4.78 is 0. The number of carbonyl (C=O) groups is 5. The number of anilines is 1. The number of nitrogens with one attached hydrogen (secondary N) is 2. The van der Waals surface area contributed by atoms with Gasteiger partial charge in [0.2, 0.25) is 23.6 Å². The van der Waals surface area contributed by atoms with Crippen molar-refractivity contribution >= 4 is 46.9 Å². The van der Waals surface area contributed by atoms with Gasteiger partial charge in [0.1, 0.15) is 0 Å². The molecule has 8 nitrogen and oxygen atoms in total. The summed E-state index contributed by atoms with van der Waals surface area (Å²) in [6.45, 7) is 9.63. The van der Waals surface area contributed by atoms with Crippen LogP contribution >= 0.6 is 11.8 Å². The molecule has 9 heteroatoms. The van der Waals surface area contributed by atoms with E-state index in [0.29, 0.717) is 11.6 Å². The Morgan fingerprint density at radius 2 is 1.69 bits per heavy atom. The quantitative estimate of drug-likeness (QED) is 0.388. The van der Waals surface area contributed by atoms with Crippen LogP contribution in [-0.2, 0) is 30.4 Å². The van der Waals surface area contributed by atoms with E-state index in [-0.39, 0.29) is 55.2 Å². The minimum atomic E-state index is -0.757. The van der Waals surface area contributed by atoms with Crippen molar-refractivity contribution in [2.75, 3.05) is 18.1 Å². The summed E-state index contributed by atoms with van der Waals surface area (Å²) in [4.78, 5) is 63.6. The van der Waals surface area contributed by atoms with Crippen molar-refractivity contribution < 1.29 is 24.0 Å². The number of thioether (sulfide) groups is 1. The zero-order chi connectivity index (χ0) is 27.0. The van der Waals surface area contributed by atoms with Crippen LogP contribution in [0.2, 0.25) is 0 Å². The molecule has 1 aromatic carbocycles. The summed E-state index contributed by atoms with van der Waals surface area (Å²) in [6, 6.07) is 6.93. The standard InChI is InChI=1S/C27H39N3O5S/c1-16(2)13-19-7-9-20(10-8-19)28-26(34)18(5)14-21(31)25(17(3)4)29-23(32)11-12-30-24(33)15-22(36-6)27(30)35/h7-10,16-18,22,25H,11-15H2,1-6H3,(H,28,34)(H,29,32)/t18-,22?,25+/m1/s1. The van der Waals surface area contributed by atoms with Crippen molar-refractivity contribution in [3.05, 3.63) is 29.8 Å². The van der Waals surface area contributed by atoms with Gasteiger partial charge in [-0.3, -0.25) is 28.9 Å². The van der Waals surface area contributed by atoms with E-state index in [0.717, 1.165) is 11.3 Å². The van der Waals surface area contributed by atoms with E-state index < -0.39 is 23.1 Å². The molecule has 1 aliphatic rings. The predicted octanol–water partition coefficient (Wildman–Crippen LogP) is 3.44. The van der Waals surface area contributed by atoms with Crippen LogP contribution in [0.1, 0.15) is 59.4 Å². The van der Waals surface area contributed by atoms with Gasteiger partial charge in [-0.1, -0.05) is 46.8 Å². The molecule has 0 radical (unpaired) electrons. The second-order valence-electron chi connectivity index (χ2n) is 10.2. The lowest BCUT2D eigenvalue weighted by atomic mass is 9.92. The molecule has 2 rings (SSSR count). The second-order valence-corrected chi connectivity index (χ2v) is 11.2. The van der Waals surface area contributed by atoms with E-state index >= 15 is 0 Å². The smallest absolute Gasteiger partial charge is 0.242 e. The molecule has 1 aliphatic heterocycles. The Hall–Kier alpha value is -2.68. The lowest BCUT2D eigenvalue weighted by molar-refractivity contribution is -0.139. The molecule has 2 N–H and O–H groups in total. The maximum absolute atomic E-state index is 13.0. The van der Waals surface area contributed by atoms with Gasteiger partial charge in [0.25, 0.3) is 0 Å². The van der Waals surface area contributed by atoms with Crippen LogP contribution in [-0.4, -0.2) is 58.4 Å². The van der Waals surface area contributed by atoms with Crippen LogP contribution in [0.15, 0.2) is 24.3 Å². The molecule has 1 aromatic rings. The van der Waals surface area contributed by atoms with Crippen molar-refractivity contribution in [1.29, 1.82) is 0 Å². The highest BCUT2D eigenvalue weighted by molar-refractivity contribution is 8.00. The van der Waals surface area contributed by atoms with Gasteiger partial charge in [-0.05, 0) is 42.2 Å². The van der Waals surface area contributed by atoms with Gasteiger partial charge in [-0.15, -0.1) is 0 Å². The highest BCUT2D eigenvalue weighted by Crippen LogP contribution is 2.23. The number of benzene rings is 1. The number of hydrogen-bond donors (Lipinski definition) is 2. The maximum Gasteiger partial charge on any atom is 0.242 e. The Morgan fingerprint density at radius 3 is 2.22 bits per heavy atom. The molecule has 198 valence electrons. The first-order chi connectivity index (χ1) is 16.9. The Morgan fingerprint density at radius 1 is 1.06 bits per heavy atom. The van der Waals surface area contributed by atoms with Gasteiger partial charge in [0.15, 0.2) is 5.78 Å². The second kappa shape index (κ2) is 13.6. The Balaban J connectivity index is 1.88. The molecule has 1 unspecified atom stereocenters. The average Bonchev–Trinajstić information content (AvgIpc) is 3.08. The van der Waals surface area contributed by atoms with Crippen molar-refractivity contribution in [3.63, 3.8) is 0 Å². The minimum absolute atomic E-state index is 0.00562. The molecule has 0 bridgehead atoms. The topological polar surface area (TPSA) is 113 Å². The number of nitrogens with zero attached hydrogens (tertiary/aromatic N) is 1. The van der Waals surface area contributed by atoms with Crippen LogP contribution in [0.5, 0.6) is 0 Å². The highest BCUT2D eigenvalue weighted by Gasteiger charge is 2.38. The minimum Gasteiger partial charge on any atom is -0.346 e. The molecule has 3 atom stereocenters. The molecule has 4 amide bonds. The summed E-state index contributed by atoms with van der Waals surface area (Å²) in [7, 11) is 0. The number of hydrogen-bond acceptors (Lipinski definition) is 6. The summed E-state index contributed by atoms with van der Waals surface area (Å²) in [5.74, 6) is -1.66. The van der Waals surface area contributed by atoms with E-state index in [4.69, 9.17) is 0 Å². The summed E-state index contributed by atoms with van der Waals surface area (Å²) >= 11 is 1.32. The van der Waals surface area contributed by atoms with Crippen LogP contribution in [0, 0.1) is 17.8 Å². The molecule has 36 heavy (non-hydrogen) atoms. The number of Topliss-reactive ketones (excluding diaryl/α,β-unsaturated/α-hetero) is 1. The first kappa shape index (κ1) is 29.5. The number of ketones is 1.